The summed E-state index contributed by atoms with van der Waals surface area (Å²) in [6, 6.07) is 8.57. The van der Waals surface area contributed by atoms with E-state index in [0.717, 1.165) is 22.7 Å². The lowest BCUT2D eigenvalue weighted by atomic mass is 9.94. The molecule has 0 bridgehead atoms. The molecule has 1 aliphatic carbocycles. The van der Waals surface area contributed by atoms with Gasteiger partial charge in [-0.2, -0.15) is 0 Å². The molecule has 1 fully saturated rings. The van der Waals surface area contributed by atoms with Crippen LogP contribution in [-0.4, -0.2) is 52.3 Å². The molecule has 3 rings (SSSR count). The lowest BCUT2D eigenvalue weighted by molar-refractivity contribution is 0.0558. The Morgan fingerprint density at radius 3 is 2.69 bits per heavy atom. The van der Waals surface area contributed by atoms with Crippen LogP contribution in [0.5, 0.6) is 5.75 Å². The predicted octanol–water partition coefficient (Wildman–Crippen LogP) is 3.08. The molecular formula is C23H34N4O2. The zero-order chi connectivity index (χ0) is 20.5. The maximum Gasteiger partial charge on any atom is 0.123 e. The number of aryl methyl sites for hydroxylation is 1. The minimum absolute atomic E-state index is 0.303. The Bertz CT molecular complexity index is 732. The van der Waals surface area contributed by atoms with E-state index in [2.05, 4.69) is 27.2 Å². The number of nitrogens with zero attached hydrogens (tertiary/aromatic N) is 3. The van der Waals surface area contributed by atoms with E-state index < -0.39 is 6.10 Å². The lowest BCUT2D eigenvalue weighted by Crippen LogP contribution is -2.40. The van der Waals surface area contributed by atoms with E-state index in [0.29, 0.717) is 32.3 Å². The number of aliphatic hydroxyl groups excluding tert-OH is 1. The molecular weight excluding hydrogens is 364 g/mol. The van der Waals surface area contributed by atoms with Crippen molar-refractivity contribution in [3.63, 3.8) is 0 Å². The van der Waals surface area contributed by atoms with Gasteiger partial charge in [0.25, 0.3) is 0 Å². The Hall–Kier alpha value is -2.02. The summed E-state index contributed by atoms with van der Waals surface area (Å²) >= 11 is 0. The first-order chi connectivity index (χ1) is 14.1. The van der Waals surface area contributed by atoms with Gasteiger partial charge in [-0.05, 0) is 32.9 Å². The van der Waals surface area contributed by atoms with Crippen LogP contribution in [0.4, 0.5) is 0 Å². The smallest absolute Gasteiger partial charge is 0.123 e. The summed E-state index contributed by atoms with van der Waals surface area (Å²) < 4.78 is 5.96. The first kappa shape index (κ1) is 21.7. The fourth-order valence-corrected chi connectivity index (χ4v) is 3.87. The maximum atomic E-state index is 10.5. The van der Waals surface area contributed by atoms with Crippen molar-refractivity contribution in [1.82, 2.24) is 20.2 Å². The zero-order valence-corrected chi connectivity index (χ0v) is 17.7. The van der Waals surface area contributed by atoms with Crippen molar-refractivity contribution in [1.29, 1.82) is 0 Å². The van der Waals surface area contributed by atoms with Crippen LogP contribution < -0.4 is 10.1 Å². The highest BCUT2D eigenvalue weighted by molar-refractivity contribution is 5.33. The molecule has 1 aromatic carbocycles. The summed E-state index contributed by atoms with van der Waals surface area (Å²) in [5.41, 5.74) is 2.90. The van der Waals surface area contributed by atoms with Gasteiger partial charge in [0.05, 0.1) is 11.4 Å². The van der Waals surface area contributed by atoms with Crippen LogP contribution in [0, 0.1) is 6.92 Å². The molecule has 2 aromatic rings. The average Bonchev–Trinajstić information content (AvgIpc) is 2.75. The second-order valence-electron chi connectivity index (χ2n) is 8.06. The summed E-state index contributed by atoms with van der Waals surface area (Å²) in [5, 5.41) is 13.8. The van der Waals surface area contributed by atoms with Crippen molar-refractivity contribution in [3.05, 3.63) is 53.6 Å². The summed E-state index contributed by atoms with van der Waals surface area (Å²) in [4.78, 5) is 10.9. The number of rotatable bonds is 10. The van der Waals surface area contributed by atoms with Crippen molar-refractivity contribution in [2.45, 2.75) is 64.3 Å². The van der Waals surface area contributed by atoms with Crippen molar-refractivity contribution in [2.24, 2.45) is 0 Å². The fraction of sp³-hybridized carbons (Fsp3) is 0.565. The van der Waals surface area contributed by atoms with Crippen LogP contribution in [0.1, 0.15) is 49.1 Å². The number of benzene rings is 1. The van der Waals surface area contributed by atoms with Crippen LogP contribution in [0.3, 0.4) is 0 Å². The number of para-hydroxylation sites is 1. The average molecular weight is 399 g/mol. The van der Waals surface area contributed by atoms with E-state index in [4.69, 9.17) is 4.74 Å². The summed E-state index contributed by atoms with van der Waals surface area (Å²) in [6.45, 7) is 4.20. The number of aromatic nitrogens is 2. The molecule has 158 valence electrons. The van der Waals surface area contributed by atoms with Crippen molar-refractivity contribution in [2.75, 3.05) is 20.2 Å². The summed E-state index contributed by atoms with van der Waals surface area (Å²) in [6.07, 6.45) is 9.51. The van der Waals surface area contributed by atoms with E-state index in [1.807, 2.05) is 31.2 Å². The molecule has 1 heterocycles. The molecule has 2 N–H and O–H groups in total. The van der Waals surface area contributed by atoms with Gasteiger partial charge in [0.15, 0.2) is 0 Å². The molecule has 1 atom stereocenters. The Labute approximate surface area is 174 Å². The minimum Gasteiger partial charge on any atom is -0.491 e. The maximum absolute atomic E-state index is 10.5. The Morgan fingerprint density at radius 2 is 1.93 bits per heavy atom. The molecule has 29 heavy (non-hydrogen) atoms. The van der Waals surface area contributed by atoms with Gasteiger partial charge in [-0.25, -0.2) is 0 Å². The number of hydrogen-bond acceptors (Lipinski definition) is 6. The van der Waals surface area contributed by atoms with Crippen molar-refractivity contribution in [3.8, 4) is 5.75 Å². The predicted molar refractivity (Wildman–Crippen MR) is 115 cm³/mol. The molecule has 1 aliphatic rings. The number of nitrogens with one attached hydrogen (secondary N) is 1. The highest BCUT2D eigenvalue weighted by Crippen LogP contribution is 2.22. The standard InChI is InChI=1S/C23H34N4O2/c1-18-12-26-20(15-25-18)14-24-13-19-8-6-7-11-23(19)29-17-22(28)16-27(2)21-9-4-3-5-10-21/h6-8,11-12,15,21-22,24,28H,3-5,9-10,13-14,16-17H2,1-2H3/t22-/m0/s1. The van der Waals surface area contributed by atoms with E-state index in [1.54, 1.807) is 12.4 Å². The van der Waals surface area contributed by atoms with Crippen LogP contribution in [0.15, 0.2) is 36.7 Å². The molecule has 0 spiro atoms. The second-order valence-corrected chi connectivity index (χ2v) is 8.06. The van der Waals surface area contributed by atoms with Crippen molar-refractivity contribution < 1.29 is 9.84 Å². The first-order valence-corrected chi connectivity index (χ1v) is 10.7. The topological polar surface area (TPSA) is 70.5 Å². The molecule has 6 heteroatoms. The van der Waals surface area contributed by atoms with Gasteiger partial charge >= 0.3 is 0 Å². The third kappa shape index (κ3) is 7.07. The minimum atomic E-state index is -0.495. The zero-order valence-electron chi connectivity index (χ0n) is 17.7. The highest BCUT2D eigenvalue weighted by atomic mass is 16.5. The van der Waals surface area contributed by atoms with Gasteiger partial charge < -0.3 is 20.1 Å². The molecule has 0 aliphatic heterocycles. The largest absolute Gasteiger partial charge is 0.491 e. The Kier molecular flexibility index (Phi) is 8.40. The fourth-order valence-electron chi connectivity index (χ4n) is 3.87. The first-order valence-electron chi connectivity index (χ1n) is 10.7. The van der Waals surface area contributed by atoms with Crippen LogP contribution >= 0.6 is 0 Å². The molecule has 0 saturated heterocycles. The molecule has 0 amide bonds. The monoisotopic (exact) mass is 398 g/mol. The summed E-state index contributed by atoms with van der Waals surface area (Å²) in [5.74, 6) is 0.814. The second kappa shape index (κ2) is 11.2. The van der Waals surface area contributed by atoms with Crippen molar-refractivity contribution >= 4 is 0 Å². The Balaban J connectivity index is 1.45. The van der Waals surface area contributed by atoms with Gasteiger partial charge in [0, 0.05) is 43.6 Å². The molecule has 0 unspecified atom stereocenters. The molecule has 1 aromatic heterocycles. The van der Waals surface area contributed by atoms with Gasteiger partial charge in [0.1, 0.15) is 18.5 Å². The number of likely N-dealkylation sites (N-methyl/N-ethyl adjacent to an activating group) is 1. The molecule has 6 nitrogen and oxygen atoms in total. The SMILES string of the molecule is Cc1cnc(CNCc2ccccc2OC[C@@H](O)CN(C)C2CCCCC2)cn1. The van der Waals surface area contributed by atoms with E-state index >= 15 is 0 Å². The van der Waals surface area contributed by atoms with Gasteiger partial charge in [-0.1, -0.05) is 37.5 Å². The third-order valence-electron chi connectivity index (χ3n) is 5.56. The number of aliphatic hydroxyl groups is 1. The van der Waals surface area contributed by atoms with E-state index in [1.165, 1.54) is 32.1 Å². The van der Waals surface area contributed by atoms with Crippen LogP contribution in [0.2, 0.25) is 0 Å². The van der Waals surface area contributed by atoms with E-state index in [-0.39, 0.29) is 0 Å². The van der Waals surface area contributed by atoms with Gasteiger partial charge in [-0.3, -0.25) is 9.97 Å². The molecule has 1 saturated carbocycles. The van der Waals surface area contributed by atoms with Gasteiger partial charge in [0.2, 0.25) is 0 Å². The quantitative estimate of drug-likeness (QED) is 0.641. The van der Waals surface area contributed by atoms with Crippen LogP contribution in [-0.2, 0) is 13.1 Å². The van der Waals surface area contributed by atoms with Gasteiger partial charge in [-0.15, -0.1) is 0 Å². The van der Waals surface area contributed by atoms with Crippen LogP contribution in [0.25, 0.3) is 0 Å². The highest BCUT2D eigenvalue weighted by Gasteiger charge is 2.20. The normalized spacial score (nSPS) is 16.1. The Morgan fingerprint density at radius 1 is 1.14 bits per heavy atom. The van der Waals surface area contributed by atoms with E-state index in [9.17, 15) is 5.11 Å². The number of ether oxygens (including phenoxy) is 1. The summed E-state index contributed by atoms with van der Waals surface area (Å²) in [7, 11) is 2.12. The molecule has 0 radical (unpaired) electrons. The third-order valence-corrected chi connectivity index (χ3v) is 5.56. The lowest BCUT2D eigenvalue weighted by Gasteiger charge is -2.32. The number of hydrogen-bond donors (Lipinski definition) is 2.